The molecule has 0 atom stereocenters. The number of aryl methyl sites for hydroxylation is 1. The fraction of sp³-hybridized carbons (Fsp3) is 0.385. The van der Waals surface area contributed by atoms with Crippen molar-refractivity contribution in [2.24, 2.45) is 7.05 Å². The predicted octanol–water partition coefficient (Wildman–Crippen LogP) is 1.37. The number of aldehydes is 1. The summed E-state index contributed by atoms with van der Waals surface area (Å²) in [6.07, 6.45) is 5.08. The maximum Gasteiger partial charge on any atom is 0.341 e. The Labute approximate surface area is 116 Å². The molecule has 0 saturated heterocycles. The molecule has 0 aromatic carbocycles. The molecule has 0 N–H and O–H groups in total. The van der Waals surface area contributed by atoms with Gasteiger partial charge in [0.2, 0.25) is 0 Å². The Morgan fingerprint density at radius 2 is 2.10 bits per heavy atom. The van der Waals surface area contributed by atoms with Gasteiger partial charge in [0.25, 0.3) is 0 Å². The van der Waals surface area contributed by atoms with Crippen LogP contribution in [0.2, 0.25) is 0 Å². The molecule has 0 radical (unpaired) electrons. The molecule has 0 aliphatic rings. The van der Waals surface area contributed by atoms with Gasteiger partial charge in [-0.3, -0.25) is 4.79 Å². The average Bonchev–Trinajstić information content (AvgIpc) is 2.92. The van der Waals surface area contributed by atoms with E-state index >= 15 is 0 Å². The maximum absolute atomic E-state index is 11.9. The Balaban J connectivity index is 2.29. The molecule has 0 bridgehead atoms. The molecule has 0 unspecified atom stereocenters. The number of esters is 1. The SMILES string of the molecule is Cn1cnc(-n2cc(C(=O)OC(C)(C)C)cn2)c1C=O. The fourth-order valence-electron chi connectivity index (χ4n) is 1.62. The Bertz CT molecular complexity index is 649. The third-order valence-electron chi connectivity index (χ3n) is 2.51. The zero-order valence-electron chi connectivity index (χ0n) is 11.8. The molecular weight excluding hydrogens is 260 g/mol. The monoisotopic (exact) mass is 276 g/mol. The number of nitrogens with zero attached hydrogens (tertiary/aromatic N) is 4. The lowest BCUT2D eigenvalue weighted by Gasteiger charge is -2.18. The van der Waals surface area contributed by atoms with E-state index < -0.39 is 11.6 Å². The van der Waals surface area contributed by atoms with E-state index in [1.54, 1.807) is 32.4 Å². The number of imidazole rings is 1. The van der Waals surface area contributed by atoms with E-state index in [9.17, 15) is 9.59 Å². The third-order valence-corrected chi connectivity index (χ3v) is 2.51. The highest BCUT2D eigenvalue weighted by Crippen LogP contribution is 2.14. The number of carbonyl (C=O) groups excluding carboxylic acids is 2. The van der Waals surface area contributed by atoms with Crippen LogP contribution in [0.3, 0.4) is 0 Å². The van der Waals surface area contributed by atoms with Gasteiger partial charge >= 0.3 is 5.97 Å². The van der Waals surface area contributed by atoms with E-state index in [0.717, 1.165) is 0 Å². The van der Waals surface area contributed by atoms with E-state index in [-0.39, 0.29) is 0 Å². The van der Waals surface area contributed by atoms with E-state index in [0.29, 0.717) is 23.4 Å². The predicted molar refractivity (Wildman–Crippen MR) is 70.9 cm³/mol. The molecule has 0 fully saturated rings. The Hall–Kier alpha value is -2.44. The minimum Gasteiger partial charge on any atom is -0.456 e. The smallest absolute Gasteiger partial charge is 0.341 e. The van der Waals surface area contributed by atoms with Crippen LogP contribution in [0.15, 0.2) is 18.7 Å². The number of aromatic nitrogens is 4. The minimum atomic E-state index is -0.571. The first kappa shape index (κ1) is 14.0. The summed E-state index contributed by atoms with van der Waals surface area (Å²) in [6, 6.07) is 0. The number of hydrogen-bond acceptors (Lipinski definition) is 5. The fourth-order valence-corrected chi connectivity index (χ4v) is 1.62. The molecule has 2 rings (SSSR count). The second-order valence-electron chi connectivity index (χ2n) is 5.36. The highest BCUT2D eigenvalue weighted by atomic mass is 16.6. The molecule has 7 nitrogen and oxygen atoms in total. The summed E-state index contributed by atoms with van der Waals surface area (Å²) >= 11 is 0. The normalized spacial score (nSPS) is 11.4. The summed E-state index contributed by atoms with van der Waals surface area (Å²) in [5.74, 6) is -0.0929. The summed E-state index contributed by atoms with van der Waals surface area (Å²) in [5.41, 5.74) is 0.115. The van der Waals surface area contributed by atoms with Crippen LogP contribution in [0.25, 0.3) is 5.82 Å². The van der Waals surface area contributed by atoms with E-state index in [2.05, 4.69) is 10.1 Å². The topological polar surface area (TPSA) is 79.0 Å². The molecule has 106 valence electrons. The zero-order valence-corrected chi connectivity index (χ0v) is 11.8. The van der Waals surface area contributed by atoms with Gasteiger partial charge in [0.05, 0.1) is 18.1 Å². The van der Waals surface area contributed by atoms with Crippen LogP contribution in [0.4, 0.5) is 0 Å². The van der Waals surface area contributed by atoms with Crippen molar-refractivity contribution in [3.05, 3.63) is 30.0 Å². The van der Waals surface area contributed by atoms with Crippen LogP contribution in [0.5, 0.6) is 0 Å². The van der Waals surface area contributed by atoms with Gasteiger partial charge in [-0.25, -0.2) is 14.5 Å². The largest absolute Gasteiger partial charge is 0.456 e. The lowest BCUT2D eigenvalue weighted by molar-refractivity contribution is 0.00694. The lowest BCUT2D eigenvalue weighted by atomic mass is 10.2. The minimum absolute atomic E-state index is 0.308. The van der Waals surface area contributed by atoms with Crippen molar-refractivity contribution in [3.8, 4) is 5.82 Å². The molecule has 0 aliphatic carbocycles. The van der Waals surface area contributed by atoms with Crippen LogP contribution in [0.1, 0.15) is 41.6 Å². The van der Waals surface area contributed by atoms with Gasteiger partial charge in [0.1, 0.15) is 11.3 Å². The van der Waals surface area contributed by atoms with Crippen LogP contribution >= 0.6 is 0 Å². The van der Waals surface area contributed by atoms with Crippen molar-refractivity contribution in [3.63, 3.8) is 0 Å². The molecule has 2 aromatic heterocycles. The standard InChI is InChI=1S/C13H16N4O3/c1-13(2,3)20-12(19)9-5-15-17(6-9)11-10(7-18)16(4)8-14-11/h5-8H,1-4H3. The Morgan fingerprint density at radius 3 is 2.70 bits per heavy atom. The summed E-state index contributed by atoms with van der Waals surface area (Å²) in [7, 11) is 1.71. The molecule has 0 saturated carbocycles. The quantitative estimate of drug-likeness (QED) is 0.625. The molecule has 0 spiro atoms. The molecule has 0 aliphatic heterocycles. The van der Waals surface area contributed by atoms with Gasteiger partial charge < -0.3 is 9.30 Å². The van der Waals surface area contributed by atoms with Crippen molar-refractivity contribution < 1.29 is 14.3 Å². The first-order valence-electron chi connectivity index (χ1n) is 6.06. The average molecular weight is 276 g/mol. The Morgan fingerprint density at radius 1 is 1.40 bits per heavy atom. The second-order valence-corrected chi connectivity index (χ2v) is 5.36. The summed E-state index contributed by atoms with van der Waals surface area (Å²) in [4.78, 5) is 27.0. The Kier molecular flexibility index (Phi) is 3.44. The molecular formula is C13H16N4O3. The summed E-state index contributed by atoms with van der Waals surface area (Å²) in [5, 5.41) is 4.04. The van der Waals surface area contributed by atoms with Crippen LogP contribution in [0, 0.1) is 0 Å². The van der Waals surface area contributed by atoms with Crippen molar-refractivity contribution in [1.82, 2.24) is 19.3 Å². The molecule has 2 aromatic rings. The number of rotatable bonds is 3. The lowest BCUT2D eigenvalue weighted by Crippen LogP contribution is -2.23. The molecule has 7 heteroatoms. The van der Waals surface area contributed by atoms with Gasteiger partial charge in [-0.05, 0) is 20.8 Å². The maximum atomic E-state index is 11.9. The van der Waals surface area contributed by atoms with Crippen LogP contribution in [-0.2, 0) is 11.8 Å². The van der Waals surface area contributed by atoms with E-state index in [1.807, 2.05) is 0 Å². The van der Waals surface area contributed by atoms with Gasteiger partial charge in [0.15, 0.2) is 12.1 Å². The third kappa shape index (κ3) is 2.76. The molecule has 0 amide bonds. The second kappa shape index (κ2) is 4.92. The van der Waals surface area contributed by atoms with Crippen molar-refractivity contribution in [2.75, 3.05) is 0 Å². The highest BCUT2D eigenvalue weighted by Gasteiger charge is 2.20. The summed E-state index contributed by atoms with van der Waals surface area (Å²) < 4.78 is 8.21. The molecule has 2 heterocycles. The van der Waals surface area contributed by atoms with Crippen molar-refractivity contribution in [1.29, 1.82) is 0 Å². The van der Waals surface area contributed by atoms with Gasteiger partial charge in [-0.1, -0.05) is 0 Å². The van der Waals surface area contributed by atoms with Crippen molar-refractivity contribution in [2.45, 2.75) is 26.4 Å². The van der Waals surface area contributed by atoms with Crippen molar-refractivity contribution >= 4 is 12.3 Å². The first-order valence-corrected chi connectivity index (χ1v) is 6.06. The summed E-state index contributed by atoms with van der Waals surface area (Å²) in [6.45, 7) is 5.37. The first-order chi connectivity index (χ1) is 9.31. The number of hydrogen-bond donors (Lipinski definition) is 0. The van der Waals surface area contributed by atoms with Gasteiger partial charge in [-0.15, -0.1) is 0 Å². The van der Waals surface area contributed by atoms with Gasteiger partial charge in [-0.2, -0.15) is 5.10 Å². The number of carbonyl (C=O) groups is 2. The van der Waals surface area contributed by atoms with E-state index in [4.69, 9.17) is 4.74 Å². The highest BCUT2D eigenvalue weighted by molar-refractivity contribution is 5.89. The van der Waals surface area contributed by atoms with Crippen LogP contribution < -0.4 is 0 Å². The molecule has 20 heavy (non-hydrogen) atoms. The van der Waals surface area contributed by atoms with Gasteiger partial charge in [0, 0.05) is 13.2 Å². The van der Waals surface area contributed by atoms with E-state index in [1.165, 1.54) is 23.4 Å². The zero-order chi connectivity index (χ0) is 14.9. The number of ether oxygens (including phenoxy) is 1. The van der Waals surface area contributed by atoms with Crippen LogP contribution in [-0.4, -0.2) is 37.2 Å².